The number of fused-ring (bicyclic) bond motifs is 1. The van der Waals surface area contributed by atoms with Crippen molar-refractivity contribution in [2.24, 2.45) is 0 Å². The number of imide groups is 1. The van der Waals surface area contributed by atoms with Crippen LogP contribution in [0.25, 0.3) is 0 Å². The molecule has 4 rings (SSSR count). The van der Waals surface area contributed by atoms with Crippen molar-refractivity contribution in [1.29, 1.82) is 0 Å². The predicted molar refractivity (Wildman–Crippen MR) is 102 cm³/mol. The van der Waals surface area contributed by atoms with Crippen LogP contribution < -0.4 is 5.32 Å². The Bertz CT molecular complexity index is 768. The van der Waals surface area contributed by atoms with Crippen molar-refractivity contribution in [2.75, 3.05) is 20.1 Å². The van der Waals surface area contributed by atoms with Gasteiger partial charge >= 0.3 is 0 Å². The predicted octanol–water partition coefficient (Wildman–Crippen LogP) is 2.44. The summed E-state index contributed by atoms with van der Waals surface area (Å²) in [7, 11) is 1.46. The number of benzene rings is 1. The highest BCUT2D eigenvalue weighted by atomic mass is 16.2. The lowest BCUT2D eigenvalue weighted by Gasteiger charge is -2.26. The van der Waals surface area contributed by atoms with E-state index in [-0.39, 0.29) is 23.8 Å². The van der Waals surface area contributed by atoms with E-state index in [4.69, 9.17) is 0 Å². The molecule has 2 aliphatic heterocycles. The molecule has 6 nitrogen and oxygen atoms in total. The number of nitrogens with one attached hydrogen (secondary N) is 1. The molecular weight excluding hydrogens is 342 g/mol. The Morgan fingerprint density at radius 2 is 1.70 bits per heavy atom. The zero-order valence-electron chi connectivity index (χ0n) is 15.9. The second kappa shape index (κ2) is 7.43. The van der Waals surface area contributed by atoms with Crippen LogP contribution in [0.5, 0.6) is 0 Å². The molecular formula is C21H27N3O3. The number of carbonyl (C=O) groups excluding carboxylic acids is 3. The first-order valence-corrected chi connectivity index (χ1v) is 10.1. The lowest BCUT2D eigenvalue weighted by molar-refractivity contribution is 0.0693. The van der Waals surface area contributed by atoms with E-state index < -0.39 is 0 Å². The molecule has 3 aliphatic rings. The van der Waals surface area contributed by atoms with Gasteiger partial charge in [0.25, 0.3) is 17.7 Å². The van der Waals surface area contributed by atoms with Gasteiger partial charge in [0, 0.05) is 37.8 Å². The third-order valence-electron chi connectivity index (χ3n) is 6.25. The molecule has 1 aliphatic carbocycles. The van der Waals surface area contributed by atoms with Crippen molar-refractivity contribution in [3.63, 3.8) is 0 Å². The van der Waals surface area contributed by atoms with Crippen molar-refractivity contribution in [3.8, 4) is 0 Å². The highest BCUT2D eigenvalue weighted by Crippen LogP contribution is 2.26. The van der Waals surface area contributed by atoms with Crippen molar-refractivity contribution < 1.29 is 14.4 Å². The maximum Gasteiger partial charge on any atom is 0.261 e. The first kappa shape index (κ1) is 18.2. The van der Waals surface area contributed by atoms with Gasteiger partial charge in [-0.3, -0.25) is 24.2 Å². The molecule has 6 heteroatoms. The van der Waals surface area contributed by atoms with Gasteiger partial charge in [0.2, 0.25) is 0 Å². The molecule has 1 N–H and O–H groups in total. The van der Waals surface area contributed by atoms with E-state index in [1.54, 1.807) is 18.2 Å². The van der Waals surface area contributed by atoms with E-state index in [0.717, 1.165) is 24.4 Å². The van der Waals surface area contributed by atoms with Gasteiger partial charge in [-0.2, -0.15) is 0 Å². The largest absolute Gasteiger partial charge is 0.348 e. The Balaban J connectivity index is 1.39. The monoisotopic (exact) mass is 369 g/mol. The molecule has 1 aromatic carbocycles. The Morgan fingerprint density at radius 1 is 1.00 bits per heavy atom. The quantitative estimate of drug-likeness (QED) is 0.656. The molecule has 2 fully saturated rings. The molecule has 1 saturated heterocycles. The van der Waals surface area contributed by atoms with Gasteiger partial charge in [0.05, 0.1) is 11.1 Å². The van der Waals surface area contributed by atoms with Crippen LogP contribution in [-0.2, 0) is 0 Å². The summed E-state index contributed by atoms with van der Waals surface area (Å²) in [4.78, 5) is 40.4. The summed E-state index contributed by atoms with van der Waals surface area (Å²) in [5, 5.41) is 3.12. The van der Waals surface area contributed by atoms with Gasteiger partial charge in [-0.05, 0) is 37.5 Å². The lowest BCUT2D eigenvalue weighted by atomic mass is 10.0. The highest BCUT2D eigenvalue weighted by molar-refractivity contribution is 6.21. The van der Waals surface area contributed by atoms with E-state index in [1.165, 1.54) is 45.6 Å². The Hall–Kier alpha value is -2.21. The van der Waals surface area contributed by atoms with Crippen molar-refractivity contribution in [2.45, 2.75) is 57.0 Å². The maximum atomic E-state index is 12.7. The average molecular weight is 369 g/mol. The van der Waals surface area contributed by atoms with Gasteiger partial charge < -0.3 is 5.32 Å². The summed E-state index contributed by atoms with van der Waals surface area (Å²) >= 11 is 0. The van der Waals surface area contributed by atoms with Gasteiger partial charge in [-0.25, -0.2) is 0 Å². The molecule has 144 valence electrons. The molecule has 27 heavy (non-hydrogen) atoms. The Morgan fingerprint density at radius 3 is 2.44 bits per heavy atom. The third-order valence-corrected chi connectivity index (χ3v) is 6.25. The van der Waals surface area contributed by atoms with Crippen LogP contribution in [-0.4, -0.2) is 59.7 Å². The SMILES string of the molecule is CN1C(=O)c2ccc(C(=O)NC3CCN(C4CCCCCC4)C3)cc2C1=O. The molecule has 0 spiro atoms. The van der Waals surface area contributed by atoms with Gasteiger partial charge in [0.15, 0.2) is 0 Å². The second-order valence-electron chi connectivity index (χ2n) is 8.03. The summed E-state index contributed by atoms with van der Waals surface area (Å²) in [6.45, 7) is 1.94. The van der Waals surface area contributed by atoms with Crippen LogP contribution in [0.4, 0.5) is 0 Å². The fourth-order valence-corrected chi connectivity index (χ4v) is 4.63. The number of nitrogens with zero attached hydrogens (tertiary/aromatic N) is 2. The topological polar surface area (TPSA) is 69.7 Å². The minimum atomic E-state index is -0.343. The zero-order valence-corrected chi connectivity index (χ0v) is 15.9. The number of likely N-dealkylation sites (tertiary alicyclic amines) is 1. The molecule has 0 aromatic heterocycles. The zero-order chi connectivity index (χ0) is 19.0. The molecule has 3 amide bonds. The molecule has 0 bridgehead atoms. The van der Waals surface area contributed by atoms with Gasteiger partial charge in [0.1, 0.15) is 0 Å². The summed E-state index contributed by atoms with van der Waals surface area (Å²) in [6, 6.07) is 5.58. The lowest BCUT2D eigenvalue weighted by Crippen LogP contribution is -2.39. The van der Waals surface area contributed by atoms with Crippen molar-refractivity contribution >= 4 is 17.7 Å². The molecule has 1 aromatic rings. The summed E-state index contributed by atoms with van der Waals surface area (Å²) in [5.41, 5.74) is 1.14. The number of rotatable bonds is 3. The highest BCUT2D eigenvalue weighted by Gasteiger charge is 2.34. The average Bonchev–Trinajstić information content (AvgIpc) is 3.08. The molecule has 2 heterocycles. The van der Waals surface area contributed by atoms with Gasteiger partial charge in [-0.15, -0.1) is 0 Å². The standard InChI is InChI=1S/C21H27N3O3/c1-23-20(26)17-9-8-14(12-18(17)21(23)27)19(25)22-15-10-11-24(13-15)16-6-4-2-3-5-7-16/h8-9,12,15-16H,2-7,10-11,13H2,1H3,(H,22,25). The van der Waals surface area contributed by atoms with E-state index in [9.17, 15) is 14.4 Å². The van der Waals surface area contributed by atoms with Crippen LogP contribution in [0.1, 0.15) is 76.0 Å². The van der Waals surface area contributed by atoms with E-state index in [0.29, 0.717) is 22.7 Å². The minimum absolute atomic E-state index is 0.147. The van der Waals surface area contributed by atoms with Crippen LogP contribution in [0, 0.1) is 0 Å². The van der Waals surface area contributed by atoms with Crippen molar-refractivity contribution in [3.05, 3.63) is 34.9 Å². The Labute approximate surface area is 159 Å². The first-order valence-electron chi connectivity index (χ1n) is 10.1. The molecule has 1 atom stereocenters. The maximum absolute atomic E-state index is 12.7. The fourth-order valence-electron chi connectivity index (χ4n) is 4.63. The smallest absolute Gasteiger partial charge is 0.261 e. The summed E-state index contributed by atoms with van der Waals surface area (Å²) in [5.74, 6) is -0.817. The van der Waals surface area contributed by atoms with Crippen LogP contribution in [0.3, 0.4) is 0 Å². The minimum Gasteiger partial charge on any atom is -0.348 e. The molecule has 1 saturated carbocycles. The molecule has 1 unspecified atom stereocenters. The van der Waals surface area contributed by atoms with Crippen LogP contribution in [0.2, 0.25) is 0 Å². The van der Waals surface area contributed by atoms with Crippen LogP contribution in [0.15, 0.2) is 18.2 Å². The Kier molecular flexibility index (Phi) is 5.00. The van der Waals surface area contributed by atoms with E-state index >= 15 is 0 Å². The summed E-state index contributed by atoms with van der Waals surface area (Å²) < 4.78 is 0. The van der Waals surface area contributed by atoms with Crippen molar-refractivity contribution in [1.82, 2.24) is 15.1 Å². The van der Waals surface area contributed by atoms with E-state index in [2.05, 4.69) is 10.2 Å². The number of hydrogen-bond acceptors (Lipinski definition) is 4. The third kappa shape index (κ3) is 3.50. The first-order chi connectivity index (χ1) is 13.0. The number of carbonyl (C=O) groups is 3. The van der Waals surface area contributed by atoms with E-state index in [1.807, 2.05) is 0 Å². The number of amides is 3. The molecule has 0 radical (unpaired) electrons. The number of hydrogen-bond donors (Lipinski definition) is 1. The normalized spacial score (nSPS) is 24.2. The second-order valence-corrected chi connectivity index (χ2v) is 8.03. The fraction of sp³-hybridized carbons (Fsp3) is 0.571. The van der Waals surface area contributed by atoms with Crippen LogP contribution >= 0.6 is 0 Å². The van der Waals surface area contributed by atoms with Gasteiger partial charge in [-0.1, -0.05) is 25.7 Å². The summed E-state index contributed by atoms with van der Waals surface area (Å²) in [6.07, 6.45) is 8.83.